The molecule has 138 valence electrons. The molecule has 1 fully saturated rings. The molecule has 1 saturated heterocycles. The number of rotatable bonds is 4. The molecule has 0 saturated carbocycles. The van der Waals surface area contributed by atoms with E-state index in [1.807, 2.05) is 36.4 Å². The van der Waals surface area contributed by atoms with Gasteiger partial charge in [0.05, 0.1) is 9.72 Å². The van der Waals surface area contributed by atoms with Crippen molar-refractivity contribution in [3.8, 4) is 0 Å². The summed E-state index contributed by atoms with van der Waals surface area (Å²) in [5.74, 6) is -0.0147. The summed E-state index contributed by atoms with van der Waals surface area (Å²) in [5, 5.41) is 4.14. The van der Waals surface area contributed by atoms with Gasteiger partial charge in [0.15, 0.2) is 5.13 Å². The van der Waals surface area contributed by atoms with Gasteiger partial charge in [-0.05, 0) is 49.2 Å². The van der Waals surface area contributed by atoms with Gasteiger partial charge in [-0.3, -0.25) is 9.59 Å². The van der Waals surface area contributed by atoms with Crippen LogP contribution in [0.15, 0.2) is 42.5 Å². The van der Waals surface area contributed by atoms with Crippen molar-refractivity contribution in [1.29, 1.82) is 0 Å². The van der Waals surface area contributed by atoms with Gasteiger partial charge in [0, 0.05) is 30.3 Å². The first-order valence-electron chi connectivity index (χ1n) is 8.80. The van der Waals surface area contributed by atoms with Crippen LogP contribution in [0.2, 0.25) is 5.02 Å². The topological polar surface area (TPSA) is 62.3 Å². The third-order valence-electron chi connectivity index (χ3n) is 4.86. The zero-order chi connectivity index (χ0) is 18.8. The fourth-order valence-corrected chi connectivity index (χ4v) is 4.51. The van der Waals surface area contributed by atoms with Gasteiger partial charge >= 0.3 is 0 Å². The summed E-state index contributed by atoms with van der Waals surface area (Å²) in [4.78, 5) is 30.1. The number of piperidine rings is 1. The number of carbonyl (C=O) groups excluding carboxylic acids is 2. The van der Waals surface area contributed by atoms with E-state index in [2.05, 4.69) is 15.2 Å². The van der Waals surface area contributed by atoms with Crippen LogP contribution in [-0.2, 0) is 4.79 Å². The number of amides is 1. The molecule has 27 heavy (non-hydrogen) atoms. The summed E-state index contributed by atoms with van der Waals surface area (Å²) in [6.07, 6.45) is 2.41. The first-order valence-corrected chi connectivity index (χ1v) is 9.99. The van der Waals surface area contributed by atoms with E-state index in [4.69, 9.17) is 11.6 Å². The molecule has 0 atom stereocenters. The third kappa shape index (κ3) is 3.82. The quantitative estimate of drug-likeness (QED) is 0.650. The van der Waals surface area contributed by atoms with Crippen molar-refractivity contribution in [2.75, 3.05) is 23.3 Å². The van der Waals surface area contributed by atoms with Gasteiger partial charge in [0.1, 0.15) is 11.8 Å². The van der Waals surface area contributed by atoms with Crippen molar-refractivity contribution in [2.45, 2.75) is 12.8 Å². The zero-order valence-electron chi connectivity index (χ0n) is 14.5. The predicted molar refractivity (Wildman–Crippen MR) is 110 cm³/mol. The fraction of sp³-hybridized carbons (Fsp3) is 0.250. The number of nitrogens with one attached hydrogen (secondary N) is 1. The van der Waals surface area contributed by atoms with Crippen LogP contribution in [0.4, 0.5) is 10.8 Å². The Morgan fingerprint density at radius 1 is 1.19 bits per heavy atom. The van der Waals surface area contributed by atoms with Gasteiger partial charge in [-0.2, -0.15) is 0 Å². The smallest absolute Gasteiger partial charge is 0.229 e. The normalized spacial score (nSPS) is 15.1. The molecular weight excluding hydrogens is 382 g/mol. The molecule has 1 aliphatic rings. The predicted octanol–water partition coefficient (Wildman–Crippen LogP) is 4.62. The van der Waals surface area contributed by atoms with Crippen LogP contribution in [0.5, 0.6) is 0 Å². The van der Waals surface area contributed by atoms with Crippen molar-refractivity contribution in [1.82, 2.24) is 4.98 Å². The molecule has 0 aliphatic carbocycles. The number of anilines is 2. The van der Waals surface area contributed by atoms with Crippen LogP contribution < -0.4 is 10.2 Å². The number of fused-ring (bicyclic) bond motifs is 1. The summed E-state index contributed by atoms with van der Waals surface area (Å²) >= 11 is 7.59. The molecule has 0 radical (unpaired) electrons. The Morgan fingerprint density at radius 2 is 1.93 bits per heavy atom. The van der Waals surface area contributed by atoms with Crippen LogP contribution in [0.1, 0.15) is 23.2 Å². The summed E-state index contributed by atoms with van der Waals surface area (Å²) in [5.41, 5.74) is 2.48. The average molecular weight is 400 g/mol. The number of hydrogen-bond donors (Lipinski definition) is 1. The first-order chi connectivity index (χ1) is 13.1. The molecule has 1 N–H and O–H groups in total. The van der Waals surface area contributed by atoms with Crippen LogP contribution in [0.3, 0.4) is 0 Å². The lowest BCUT2D eigenvalue weighted by molar-refractivity contribution is -0.120. The molecule has 1 aliphatic heterocycles. The lowest BCUT2D eigenvalue weighted by Crippen LogP contribution is -2.38. The number of para-hydroxylation sites is 1. The highest BCUT2D eigenvalue weighted by Gasteiger charge is 2.26. The first kappa shape index (κ1) is 17.9. The lowest BCUT2D eigenvalue weighted by atomic mass is 9.95. The Hall–Kier alpha value is -2.44. The molecule has 4 rings (SSSR count). The van der Waals surface area contributed by atoms with E-state index in [9.17, 15) is 9.59 Å². The fourth-order valence-electron chi connectivity index (χ4n) is 3.34. The van der Waals surface area contributed by atoms with Gasteiger partial charge < -0.3 is 10.2 Å². The van der Waals surface area contributed by atoms with E-state index in [0.29, 0.717) is 15.7 Å². The maximum Gasteiger partial charge on any atom is 0.229 e. The molecule has 3 aromatic rings. The Bertz CT molecular complexity index is 979. The number of halogens is 1. The molecule has 7 heteroatoms. The van der Waals surface area contributed by atoms with E-state index in [1.54, 1.807) is 6.07 Å². The molecule has 0 bridgehead atoms. The van der Waals surface area contributed by atoms with Crippen LogP contribution >= 0.6 is 22.9 Å². The number of benzene rings is 2. The number of aromatic nitrogens is 1. The summed E-state index contributed by atoms with van der Waals surface area (Å²) < 4.78 is 0.964. The number of aldehydes is 1. The van der Waals surface area contributed by atoms with Crippen molar-refractivity contribution >= 4 is 56.2 Å². The van der Waals surface area contributed by atoms with Gasteiger partial charge in [0.25, 0.3) is 0 Å². The number of thiazole rings is 1. The van der Waals surface area contributed by atoms with E-state index in [-0.39, 0.29) is 11.8 Å². The highest BCUT2D eigenvalue weighted by atomic mass is 35.5. The van der Waals surface area contributed by atoms with Crippen molar-refractivity contribution in [3.05, 3.63) is 53.1 Å². The number of carbonyl (C=O) groups is 2. The second-order valence-electron chi connectivity index (χ2n) is 6.57. The number of hydrogen-bond acceptors (Lipinski definition) is 5. The van der Waals surface area contributed by atoms with E-state index < -0.39 is 0 Å². The van der Waals surface area contributed by atoms with E-state index >= 15 is 0 Å². The summed E-state index contributed by atoms with van der Waals surface area (Å²) in [6.45, 7) is 1.62. The Labute approximate surface area is 166 Å². The van der Waals surface area contributed by atoms with Crippen LogP contribution in [0, 0.1) is 5.92 Å². The molecular formula is C20H18ClN3O2S. The zero-order valence-corrected chi connectivity index (χ0v) is 16.1. The second kappa shape index (κ2) is 7.66. The lowest BCUT2D eigenvalue weighted by Gasteiger charge is -2.32. The second-order valence-corrected chi connectivity index (χ2v) is 8.00. The molecule has 2 heterocycles. The highest BCUT2D eigenvalue weighted by Crippen LogP contribution is 2.31. The third-order valence-corrected chi connectivity index (χ3v) is 6.10. The Balaban J connectivity index is 1.37. The molecule has 5 nitrogen and oxygen atoms in total. The van der Waals surface area contributed by atoms with Crippen molar-refractivity contribution < 1.29 is 9.59 Å². The van der Waals surface area contributed by atoms with Gasteiger partial charge in [-0.15, -0.1) is 0 Å². The number of nitrogens with zero attached hydrogens (tertiary/aromatic N) is 2. The molecule has 1 aromatic heterocycles. The molecule has 2 aromatic carbocycles. The maximum absolute atomic E-state index is 12.6. The summed E-state index contributed by atoms with van der Waals surface area (Å²) in [7, 11) is 0. The monoisotopic (exact) mass is 399 g/mol. The molecule has 0 spiro atoms. The maximum atomic E-state index is 12.6. The van der Waals surface area contributed by atoms with Gasteiger partial charge in [0.2, 0.25) is 5.91 Å². The van der Waals surface area contributed by atoms with Crippen molar-refractivity contribution in [2.24, 2.45) is 5.92 Å². The Kier molecular flexibility index (Phi) is 5.09. The van der Waals surface area contributed by atoms with Crippen LogP contribution in [0.25, 0.3) is 10.2 Å². The SMILES string of the molecule is O=Cc1ccc(N2CCC(C(=O)Nc3nc4c(Cl)cccc4s3)CC2)cc1. The standard InChI is InChI=1S/C20H18ClN3O2S/c21-16-2-1-3-17-18(16)22-20(27-17)23-19(26)14-8-10-24(11-9-14)15-6-4-13(12-25)5-7-15/h1-7,12,14H,8-11H2,(H,22,23,26). The molecule has 0 unspecified atom stereocenters. The van der Waals surface area contributed by atoms with E-state index in [0.717, 1.165) is 48.1 Å². The Morgan fingerprint density at radius 3 is 2.59 bits per heavy atom. The van der Waals surface area contributed by atoms with Gasteiger partial charge in [-0.25, -0.2) is 4.98 Å². The largest absolute Gasteiger partial charge is 0.371 e. The minimum Gasteiger partial charge on any atom is -0.371 e. The van der Waals surface area contributed by atoms with Crippen LogP contribution in [-0.4, -0.2) is 30.3 Å². The van der Waals surface area contributed by atoms with Crippen molar-refractivity contribution in [3.63, 3.8) is 0 Å². The summed E-state index contributed by atoms with van der Waals surface area (Å²) in [6, 6.07) is 13.2. The van der Waals surface area contributed by atoms with E-state index in [1.165, 1.54) is 11.3 Å². The molecule has 1 amide bonds. The minimum atomic E-state index is -0.0296. The minimum absolute atomic E-state index is 0.0149. The highest BCUT2D eigenvalue weighted by molar-refractivity contribution is 7.22. The average Bonchev–Trinajstić information content (AvgIpc) is 3.12. The van der Waals surface area contributed by atoms with Gasteiger partial charge in [-0.1, -0.05) is 29.0 Å².